The van der Waals surface area contributed by atoms with Gasteiger partial charge in [0.05, 0.1) is 28.9 Å². The minimum Gasteiger partial charge on any atom is -0.351 e. The highest BCUT2D eigenvalue weighted by Crippen LogP contribution is 2.27. The maximum Gasteiger partial charge on any atom is 0.272 e. The minimum atomic E-state index is -0.576. The molecule has 9 heteroatoms. The van der Waals surface area contributed by atoms with Gasteiger partial charge in [-0.2, -0.15) is 5.10 Å². The molecule has 1 amide bonds. The lowest BCUT2D eigenvalue weighted by Crippen LogP contribution is -2.28. The molecule has 1 aliphatic carbocycles. The van der Waals surface area contributed by atoms with E-state index < -0.39 is 11.7 Å². The second-order valence-corrected chi connectivity index (χ2v) is 9.13. The van der Waals surface area contributed by atoms with E-state index in [-0.39, 0.29) is 11.1 Å². The zero-order valence-electron chi connectivity index (χ0n) is 18.9. The second kappa shape index (κ2) is 8.57. The number of halogens is 1. The Hall–Kier alpha value is -4.14. The van der Waals surface area contributed by atoms with Gasteiger partial charge in [-0.05, 0) is 43.0 Å². The Balaban J connectivity index is 1.23. The topological polar surface area (TPSA) is 104 Å². The standard InChI is InChI=1S/C26H23FN6O2/c27-21-9-8-15(11-22-18-6-1-2-7-19(18)24(34)32-31-22)10-20(21)25(35)33-13-16-12-28-26(30-23(16)14-33)29-17-4-3-5-17/h1-2,6-10,12,17H,3-5,11,13-14H2,(H,32,34)(H,28,29,30). The molecule has 0 unspecified atom stereocenters. The van der Waals surface area contributed by atoms with E-state index in [4.69, 9.17) is 0 Å². The third-order valence-electron chi connectivity index (χ3n) is 6.79. The first-order valence-corrected chi connectivity index (χ1v) is 11.7. The number of aromatic amines is 1. The first-order valence-electron chi connectivity index (χ1n) is 11.7. The average Bonchev–Trinajstić information content (AvgIpc) is 3.27. The maximum atomic E-state index is 14.8. The summed E-state index contributed by atoms with van der Waals surface area (Å²) in [6.07, 6.45) is 5.54. The Morgan fingerprint density at radius 2 is 1.97 bits per heavy atom. The quantitative estimate of drug-likeness (QED) is 0.462. The zero-order valence-corrected chi connectivity index (χ0v) is 18.9. The Labute approximate surface area is 200 Å². The van der Waals surface area contributed by atoms with Gasteiger partial charge in [0, 0.05) is 36.2 Å². The summed E-state index contributed by atoms with van der Waals surface area (Å²) in [6, 6.07) is 12.1. The predicted molar refractivity (Wildman–Crippen MR) is 128 cm³/mol. The van der Waals surface area contributed by atoms with Gasteiger partial charge < -0.3 is 10.2 Å². The number of aromatic nitrogens is 4. The number of carbonyl (C=O) groups is 1. The van der Waals surface area contributed by atoms with Crippen molar-refractivity contribution in [1.82, 2.24) is 25.1 Å². The number of anilines is 1. The fourth-order valence-electron chi connectivity index (χ4n) is 4.62. The van der Waals surface area contributed by atoms with Crippen molar-refractivity contribution < 1.29 is 9.18 Å². The molecule has 4 aromatic rings. The smallest absolute Gasteiger partial charge is 0.272 e. The van der Waals surface area contributed by atoms with E-state index in [1.54, 1.807) is 35.4 Å². The van der Waals surface area contributed by atoms with Gasteiger partial charge in [0.25, 0.3) is 11.5 Å². The number of hydrogen-bond acceptors (Lipinski definition) is 6. The van der Waals surface area contributed by atoms with Gasteiger partial charge in [-0.15, -0.1) is 0 Å². The summed E-state index contributed by atoms with van der Waals surface area (Å²) >= 11 is 0. The molecule has 2 aromatic heterocycles. The van der Waals surface area contributed by atoms with Crippen molar-refractivity contribution in [1.29, 1.82) is 0 Å². The fraction of sp³-hybridized carbons (Fsp3) is 0.269. The molecule has 1 saturated carbocycles. The fourth-order valence-corrected chi connectivity index (χ4v) is 4.62. The molecule has 3 heterocycles. The van der Waals surface area contributed by atoms with Crippen molar-refractivity contribution in [3.63, 3.8) is 0 Å². The molecule has 176 valence electrons. The van der Waals surface area contributed by atoms with Gasteiger partial charge in [0.15, 0.2) is 0 Å². The Kier molecular flexibility index (Phi) is 5.24. The highest BCUT2D eigenvalue weighted by atomic mass is 19.1. The normalized spacial score (nSPS) is 15.2. The molecule has 2 N–H and O–H groups in total. The summed E-state index contributed by atoms with van der Waals surface area (Å²) in [5, 5.41) is 11.3. The van der Waals surface area contributed by atoms with Crippen molar-refractivity contribution in [3.8, 4) is 0 Å². The van der Waals surface area contributed by atoms with Crippen molar-refractivity contribution in [3.05, 3.63) is 92.9 Å². The number of fused-ring (bicyclic) bond motifs is 2. The summed E-state index contributed by atoms with van der Waals surface area (Å²) < 4.78 is 14.8. The lowest BCUT2D eigenvalue weighted by atomic mass is 9.93. The van der Waals surface area contributed by atoms with E-state index in [0.29, 0.717) is 42.6 Å². The van der Waals surface area contributed by atoms with Crippen LogP contribution in [0.5, 0.6) is 0 Å². The van der Waals surface area contributed by atoms with E-state index >= 15 is 0 Å². The monoisotopic (exact) mass is 470 g/mol. The number of H-pyrrole nitrogens is 1. The molecule has 0 atom stereocenters. The average molecular weight is 471 g/mol. The lowest BCUT2D eigenvalue weighted by Gasteiger charge is -2.26. The summed E-state index contributed by atoms with van der Waals surface area (Å²) in [4.78, 5) is 35.9. The number of benzene rings is 2. The number of carbonyl (C=O) groups excluding carboxylic acids is 1. The zero-order chi connectivity index (χ0) is 23.9. The van der Waals surface area contributed by atoms with Crippen LogP contribution < -0.4 is 10.9 Å². The molecule has 2 aliphatic rings. The number of hydrogen-bond donors (Lipinski definition) is 2. The Bertz CT molecular complexity index is 1510. The second-order valence-electron chi connectivity index (χ2n) is 9.13. The molecule has 35 heavy (non-hydrogen) atoms. The van der Waals surface area contributed by atoms with Crippen LogP contribution in [0.2, 0.25) is 0 Å². The van der Waals surface area contributed by atoms with Gasteiger partial charge >= 0.3 is 0 Å². The van der Waals surface area contributed by atoms with Gasteiger partial charge in [0.2, 0.25) is 5.95 Å². The van der Waals surface area contributed by atoms with Crippen molar-refractivity contribution in [2.75, 3.05) is 5.32 Å². The van der Waals surface area contributed by atoms with Crippen LogP contribution in [0, 0.1) is 5.82 Å². The van der Waals surface area contributed by atoms with Crippen LogP contribution in [-0.4, -0.2) is 37.0 Å². The van der Waals surface area contributed by atoms with E-state index in [9.17, 15) is 14.0 Å². The number of nitrogens with one attached hydrogen (secondary N) is 2. The Morgan fingerprint density at radius 1 is 1.14 bits per heavy atom. The molecule has 8 nitrogen and oxygen atoms in total. The summed E-state index contributed by atoms with van der Waals surface area (Å²) in [6.45, 7) is 0.652. The first kappa shape index (κ1) is 21.4. The third-order valence-corrected chi connectivity index (χ3v) is 6.79. The van der Waals surface area contributed by atoms with Crippen LogP contribution in [-0.2, 0) is 19.5 Å². The first-order chi connectivity index (χ1) is 17.0. The van der Waals surface area contributed by atoms with Crippen LogP contribution in [0.3, 0.4) is 0 Å². The summed E-state index contributed by atoms with van der Waals surface area (Å²) in [7, 11) is 0. The van der Waals surface area contributed by atoms with E-state index in [2.05, 4.69) is 25.5 Å². The Morgan fingerprint density at radius 3 is 2.77 bits per heavy atom. The SMILES string of the molecule is O=C(c1cc(Cc2n[nH]c(=O)c3ccccc23)ccc1F)N1Cc2cnc(NC3CCC3)nc2C1. The molecule has 0 spiro atoms. The van der Waals surface area contributed by atoms with Gasteiger partial charge in [-0.25, -0.2) is 19.5 Å². The maximum absolute atomic E-state index is 14.8. The molecular formula is C26H23FN6O2. The van der Waals surface area contributed by atoms with Crippen LogP contribution >= 0.6 is 0 Å². The van der Waals surface area contributed by atoms with E-state index in [1.165, 1.54) is 12.5 Å². The molecule has 6 rings (SSSR count). The lowest BCUT2D eigenvalue weighted by molar-refractivity contribution is 0.0745. The predicted octanol–water partition coefficient (Wildman–Crippen LogP) is 3.56. The van der Waals surface area contributed by atoms with Gasteiger partial charge in [0.1, 0.15) is 5.82 Å². The summed E-state index contributed by atoms with van der Waals surface area (Å²) in [5.41, 5.74) is 2.78. The van der Waals surface area contributed by atoms with Crippen molar-refractivity contribution in [2.45, 2.75) is 44.8 Å². The minimum absolute atomic E-state index is 0.00446. The van der Waals surface area contributed by atoms with Crippen LogP contribution in [0.25, 0.3) is 10.8 Å². The van der Waals surface area contributed by atoms with Gasteiger partial charge in [-0.3, -0.25) is 9.59 Å². The largest absolute Gasteiger partial charge is 0.351 e. The van der Waals surface area contributed by atoms with Crippen molar-refractivity contribution >= 4 is 22.6 Å². The molecular weight excluding hydrogens is 447 g/mol. The highest BCUT2D eigenvalue weighted by Gasteiger charge is 2.28. The molecule has 0 saturated heterocycles. The van der Waals surface area contributed by atoms with E-state index in [0.717, 1.165) is 35.0 Å². The summed E-state index contributed by atoms with van der Waals surface area (Å²) in [5.74, 6) is -0.390. The molecule has 0 radical (unpaired) electrons. The van der Waals surface area contributed by atoms with Gasteiger partial charge in [-0.1, -0.05) is 24.3 Å². The third kappa shape index (κ3) is 4.03. The van der Waals surface area contributed by atoms with Crippen molar-refractivity contribution in [2.24, 2.45) is 0 Å². The highest BCUT2D eigenvalue weighted by molar-refractivity contribution is 5.95. The van der Waals surface area contributed by atoms with Crippen LogP contribution in [0.15, 0.2) is 53.5 Å². The number of rotatable bonds is 5. The van der Waals surface area contributed by atoms with E-state index in [1.807, 2.05) is 12.1 Å². The molecule has 1 aliphatic heterocycles. The molecule has 0 bridgehead atoms. The number of amides is 1. The number of nitrogens with zero attached hydrogens (tertiary/aromatic N) is 4. The van der Waals surface area contributed by atoms with Crippen LogP contribution in [0.4, 0.5) is 10.3 Å². The van der Waals surface area contributed by atoms with Crippen LogP contribution in [0.1, 0.15) is 52.1 Å². The molecule has 1 fully saturated rings. The molecule has 2 aromatic carbocycles.